The molecule has 1 amide bonds. The van der Waals surface area contributed by atoms with E-state index in [-0.39, 0.29) is 11.6 Å². The number of nitrogens with zero attached hydrogens (tertiary/aromatic N) is 4. The number of carbonyl (C=O) groups is 1. The Hall–Kier alpha value is -1.82. The van der Waals surface area contributed by atoms with E-state index in [9.17, 15) is 4.79 Å². The lowest BCUT2D eigenvalue weighted by Gasteiger charge is -2.05. The number of aryl methyl sites for hydroxylation is 3. The highest BCUT2D eigenvalue weighted by atomic mass is 35.5. The van der Waals surface area contributed by atoms with Crippen LogP contribution in [0.4, 0.5) is 5.69 Å². The maximum atomic E-state index is 12.4. The molecule has 0 aliphatic rings. The van der Waals surface area contributed by atoms with Gasteiger partial charge in [-0.2, -0.15) is 10.2 Å². The number of hydrogen-bond donors (Lipinski definition) is 1. The van der Waals surface area contributed by atoms with Gasteiger partial charge < -0.3 is 5.32 Å². The van der Waals surface area contributed by atoms with Crippen molar-refractivity contribution in [1.82, 2.24) is 19.6 Å². The summed E-state index contributed by atoms with van der Waals surface area (Å²) in [6, 6.07) is 0. The summed E-state index contributed by atoms with van der Waals surface area (Å²) in [6.45, 7) is 8.55. The molecule has 6 nitrogen and oxygen atoms in total. The van der Waals surface area contributed by atoms with E-state index in [1.165, 1.54) is 0 Å². The third-order valence-electron chi connectivity index (χ3n) is 3.53. The van der Waals surface area contributed by atoms with Crippen molar-refractivity contribution >= 4 is 23.2 Å². The highest BCUT2D eigenvalue weighted by molar-refractivity contribution is 6.34. The summed E-state index contributed by atoms with van der Waals surface area (Å²) in [7, 11) is 1.76. The van der Waals surface area contributed by atoms with E-state index < -0.39 is 0 Å². The molecule has 7 heteroatoms. The van der Waals surface area contributed by atoms with Crippen molar-refractivity contribution in [1.29, 1.82) is 0 Å². The molecule has 0 aliphatic heterocycles. The maximum Gasteiger partial charge on any atom is 0.277 e. The molecule has 2 heterocycles. The number of hydrogen-bond acceptors (Lipinski definition) is 3. The number of aromatic nitrogens is 4. The standard InChI is InChI=1S/C14H20ClN5O/c1-6-7-20-10(4)12(8(2)17-20)16-14(21)13-11(15)9(3)19(5)18-13/h6-7H2,1-5H3,(H,16,21). The van der Waals surface area contributed by atoms with Crippen LogP contribution in [0.15, 0.2) is 0 Å². The highest BCUT2D eigenvalue weighted by Crippen LogP contribution is 2.23. The van der Waals surface area contributed by atoms with Gasteiger partial charge in [-0.15, -0.1) is 0 Å². The Morgan fingerprint density at radius 2 is 1.90 bits per heavy atom. The second kappa shape index (κ2) is 5.89. The van der Waals surface area contributed by atoms with Gasteiger partial charge in [-0.3, -0.25) is 14.2 Å². The first-order chi connectivity index (χ1) is 9.86. The lowest BCUT2D eigenvalue weighted by Crippen LogP contribution is -2.14. The van der Waals surface area contributed by atoms with Crippen LogP contribution in [-0.4, -0.2) is 25.5 Å². The van der Waals surface area contributed by atoms with Crippen molar-refractivity contribution in [2.24, 2.45) is 7.05 Å². The average molecular weight is 310 g/mol. The molecule has 0 radical (unpaired) electrons. The molecule has 0 aliphatic carbocycles. The van der Waals surface area contributed by atoms with Gasteiger partial charge in [0.2, 0.25) is 0 Å². The fourth-order valence-electron chi connectivity index (χ4n) is 2.21. The summed E-state index contributed by atoms with van der Waals surface area (Å²) < 4.78 is 3.49. The third kappa shape index (κ3) is 2.81. The molecular weight excluding hydrogens is 290 g/mol. The molecule has 2 aromatic rings. The molecule has 0 bridgehead atoms. The topological polar surface area (TPSA) is 64.7 Å². The van der Waals surface area contributed by atoms with Crippen molar-refractivity contribution in [2.75, 3.05) is 5.32 Å². The van der Waals surface area contributed by atoms with Crippen molar-refractivity contribution in [3.8, 4) is 0 Å². The van der Waals surface area contributed by atoms with Crippen LogP contribution in [0.1, 0.15) is 40.9 Å². The van der Waals surface area contributed by atoms with E-state index in [1.807, 2.05) is 25.5 Å². The first-order valence-corrected chi connectivity index (χ1v) is 7.29. The van der Waals surface area contributed by atoms with Crippen molar-refractivity contribution in [3.63, 3.8) is 0 Å². The predicted molar refractivity (Wildman–Crippen MR) is 82.9 cm³/mol. The monoisotopic (exact) mass is 309 g/mol. The van der Waals surface area contributed by atoms with Gasteiger partial charge in [-0.1, -0.05) is 18.5 Å². The summed E-state index contributed by atoms with van der Waals surface area (Å²) in [5.74, 6) is -0.314. The van der Waals surface area contributed by atoms with E-state index in [2.05, 4.69) is 22.4 Å². The molecule has 2 aromatic heterocycles. The molecule has 0 unspecified atom stereocenters. The number of nitrogens with one attached hydrogen (secondary N) is 1. The molecule has 0 fully saturated rings. The van der Waals surface area contributed by atoms with E-state index in [4.69, 9.17) is 11.6 Å². The highest BCUT2D eigenvalue weighted by Gasteiger charge is 2.21. The predicted octanol–water partition coefficient (Wildman–Crippen LogP) is 2.86. The third-order valence-corrected chi connectivity index (χ3v) is 3.98. The molecule has 114 valence electrons. The lowest BCUT2D eigenvalue weighted by molar-refractivity contribution is 0.102. The van der Waals surface area contributed by atoms with Crippen LogP contribution in [0.3, 0.4) is 0 Å². The number of rotatable bonds is 4. The van der Waals surface area contributed by atoms with Crippen LogP contribution in [0, 0.1) is 20.8 Å². The fraction of sp³-hybridized carbons (Fsp3) is 0.500. The quantitative estimate of drug-likeness (QED) is 0.944. The molecule has 0 aromatic carbocycles. The van der Waals surface area contributed by atoms with Crippen LogP contribution in [0.25, 0.3) is 0 Å². The number of carbonyl (C=O) groups excluding carboxylic acids is 1. The zero-order valence-corrected chi connectivity index (χ0v) is 13.7. The van der Waals surface area contributed by atoms with Gasteiger partial charge in [-0.05, 0) is 27.2 Å². The van der Waals surface area contributed by atoms with Gasteiger partial charge in [0.1, 0.15) is 0 Å². The smallest absolute Gasteiger partial charge is 0.277 e. The van der Waals surface area contributed by atoms with Crippen molar-refractivity contribution in [3.05, 3.63) is 27.8 Å². The van der Waals surface area contributed by atoms with E-state index in [0.29, 0.717) is 5.02 Å². The average Bonchev–Trinajstić information content (AvgIpc) is 2.84. The minimum absolute atomic E-state index is 0.235. The molecule has 1 N–H and O–H groups in total. The largest absolute Gasteiger partial charge is 0.317 e. The Morgan fingerprint density at radius 3 is 2.43 bits per heavy atom. The van der Waals surface area contributed by atoms with Crippen LogP contribution < -0.4 is 5.32 Å². The normalized spacial score (nSPS) is 11.0. The first kappa shape index (κ1) is 15.6. The van der Waals surface area contributed by atoms with E-state index in [1.54, 1.807) is 11.7 Å². The number of anilines is 1. The molecule has 2 rings (SSSR count). The molecule has 21 heavy (non-hydrogen) atoms. The van der Waals surface area contributed by atoms with Gasteiger partial charge in [-0.25, -0.2) is 0 Å². The van der Waals surface area contributed by atoms with Gasteiger partial charge in [0.25, 0.3) is 5.91 Å². The van der Waals surface area contributed by atoms with Crippen LogP contribution >= 0.6 is 11.6 Å². The maximum absolute atomic E-state index is 12.4. The second-order valence-electron chi connectivity index (χ2n) is 5.09. The summed E-state index contributed by atoms with van der Waals surface area (Å²) in [5, 5.41) is 11.8. The van der Waals surface area contributed by atoms with Crippen molar-refractivity contribution in [2.45, 2.75) is 40.7 Å². The minimum atomic E-state index is -0.314. The number of halogens is 1. The fourth-order valence-corrected chi connectivity index (χ4v) is 2.45. The summed E-state index contributed by atoms with van der Waals surface area (Å²) in [4.78, 5) is 12.4. The van der Waals surface area contributed by atoms with Gasteiger partial charge in [0.15, 0.2) is 5.69 Å². The van der Waals surface area contributed by atoms with Gasteiger partial charge in [0.05, 0.1) is 27.8 Å². The molecular formula is C14H20ClN5O. The summed E-state index contributed by atoms with van der Waals surface area (Å²) in [6.07, 6.45) is 0.987. The van der Waals surface area contributed by atoms with E-state index in [0.717, 1.165) is 35.7 Å². The van der Waals surface area contributed by atoms with Gasteiger partial charge in [0, 0.05) is 13.6 Å². The molecule has 0 spiro atoms. The Kier molecular flexibility index (Phi) is 4.37. The molecule has 0 saturated heterocycles. The second-order valence-corrected chi connectivity index (χ2v) is 5.47. The summed E-state index contributed by atoms with van der Waals surface area (Å²) in [5.41, 5.74) is 3.45. The van der Waals surface area contributed by atoms with E-state index >= 15 is 0 Å². The SMILES string of the molecule is CCCn1nc(C)c(NC(=O)c2nn(C)c(C)c2Cl)c1C. The first-order valence-electron chi connectivity index (χ1n) is 6.91. The zero-order valence-electron chi connectivity index (χ0n) is 13.0. The van der Waals surface area contributed by atoms with Crippen LogP contribution in [0.2, 0.25) is 5.02 Å². The van der Waals surface area contributed by atoms with Gasteiger partial charge >= 0.3 is 0 Å². The van der Waals surface area contributed by atoms with Crippen LogP contribution in [0.5, 0.6) is 0 Å². The summed E-state index contributed by atoms with van der Waals surface area (Å²) >= 11 is 6.14. The minimum Gasteiger partial charge on any atom is -0.317 e. The zero-order chi connectivity index (χ0) is 15.7. The Bertz CT molecular complexity index is 686. The van der Waals surface area contributed by atoms with Crippen LogP contribution in [-0.2, 0) is 13.6 Å². The Balaban J connectivity index is 2.29. The van der Waals surface area contributed by atoms with Crippen molar-refractivity contribution < 1.29 is 4.79 Å². The molecule has 0 saturated carbocycles. The number of amides is 1. The molecule has 0 atom stereocenters. The Morgan fingerprint density at radius 1 is 1.24 bits per heavy atom. The lowest BCUT2D eigenvalue weighted by atomic mass is 10.3. The Labute approximate surface area is 129 Å².